The van der Waals surface area contributed by atoms with Crippen molar-refractivity contribution in [3.8, 4) is 11.5 Å². The quantitative estimate of drug-likeness (QED) is 0.847. The minimum absolute atomic E-state index is 0.257. The van der Waals surface area contributed by atoms with Crippen LogP contribution in [0.1, 0.15) is 11.1 Å². The van der Waals surface area contributed by atoms with Crippen LogP contribution in [0.25, 0.3) is 0 Å². The van der Waals surface area contributed by atoms with Crippen LogP contribution in [0.3, 0.4) is 0 Å². The van der Waals surface area contributed by atoms with Gasteiger partial charge in [0.2, 0.25) is 0 Å². The highest BCUT2D eigenvalue weighted by atomic mass is 16.5. The first-order chi connectivity index (χ1) is 11.6. The predicted molar refractivity (Wildman–Crippen MR) is 99.0 cm³/mol. The number of likely N-dealkylation sites (N-methyl/N-ethyl adjacent to an activating group) is 1. The van der Waals surface area contributed by atoms with Crippen LogP contribution in [0.15, 0.2) is 48.5 Å². The summed E-state index contributed by atoms with van der Waals surface area (Å²) in [4.78, 5) is 1.93. The number of para-hydroxylation sites is 1. The van der Waals surface area contributed by atoms with Gasteiger partial charge in [-0.05, 0) is 56.3 Å². The molecule has 0 saturated carbocycles. The van der Waals surface area contributed by atoms with Gasteiger partial charge in [0.1, 0.15) is 11.5 Å². The second kappa shape index (κ2) is 11.5. The van der Waals surface area contributed by atoms with E-state index >= 15 is 0 Å². The lowest BCUT2D eigenvalue weighted by molar-refractivity contribution is 0.243. The summed E-state index contributed by atoms with van der Waals surface area (Å²) in [7, 11) is 7.26. The molecule has 4 heteroatoms. The lowest BCUT2D eigenvalue weighted by Gasteiger charge is -2.08. The molecule has 24 heavy (non-hydrogen) atoms. The molecule has 0 aliphatic heterocycles. The van der Waals surface area contributed by atoms with Crippen molar-refractivity contribution >= 4 is 0 Å². The third-order valence-electron chi connectivity index (χ3n) is 3.56. The fraction of sp³-hybridized carbons (Fsp3) is 0.400. The molecule has 0 aromatic heterocycles. The van der Waals surface area contributed by atoms with Crippen LogP contribution in [0.5, 0.6) is 11.5 Å². The van der Waals surface area contributed by atoms with Crippen LogP contribution in [0.2, 0.25) is 0 Å². The maximum absolute atomic E-state index is 8.20. The Balaban J connectivity index is 0.000000413. The Morgan fingerprint density at radius 3 is 2.25 bits per heavy atom. The first kappa shape index (κ1) is 20.0. The molecular formula is C20H29NO3. The van der Waals surface area contributed by atoms with Crippen LogP contribution >= 0.6 is 0 Å². The molecule has 0 bridgehead atoms. The SMILES string of the molecule is CN(C)CCO.COc1cccc(CCc2ccccc2OC)c1. The molecule has 0 atom stereocenters. The van der Waals surface area contributed by atoms with Crippen LogP contribution in [-0.2, 0) is 12.8 Å². The molecule has 2 rings (SSSR count). The van der Waals surface area contributed by atoms with Gasteiger partial charge in [0, 0.05) is 6.54 Å². The third-order valence-corrected chi connectivity index (χ3v) is 3.56. The van der Waals surface area contributed by atoms with Gasteiger partial charge in [0.25, 0.3) is 0 Å². The smallest absolute Gasteiger partial charge is 0.122 e. The van der Waals surface area contributed by atoms with Gasteiger partial charge in [-0.25, -0.2) is 0 Å². The van der Waals surface area contributed by atoms with E-state index in [-0.39, 0.29) is 6.61 Å². The van der Waals surface area contributed by atoms with E-state index in [1.165, 1.54) is 11.1 Å². The number of nitrogens with zero attached hydrogens (tertiary/aromatic N) is 1. The lowest BCUT2D eigenvalue weighted by Crippen LogP contribution is -2.15. The molecule has 0 amide bonds. The lowest BCUT2D eigenvalue weighted by atomic mass is 10.0. The molecule has 0 unspecified atom stereocenters. The second-order valence-electron chi connectivity index (χ2n) is 5.69. The molecule has 2 aromatic carbocycles. The van der Waals surface area contributed by atoms with Gasteiger partial charge in [0.15, 0.2) is 0 Å². The standard InChI is InChI=1S/C16H18O2.C4H11NO/c1-17-15-8-5-6-13(12-15)10-11-14-7-3-4-9-16(14)18-2;1-5(2)3-4-6/h3-9,12H,10-11H2,1-2H3;6H,3-4H2,1-2H3. The van der Waals surface area contributed by atoms with Crippen molar-refractivity contribution in [2.75, 3.05) is 41.5 Å². The van der Waals surface area contributed by atoms with Crippen molar-refractivity contribution in [3.05, 3.63) is 59.7 Å². The van der Waals surface area contributed by atoms with Gasteiger partial charge < -0.3 is 19.5 Å². The van der Waals surface area contributed by atoms with E-state index in [0.29, 0.717) is 0 Å². The fourth-order valence-electron chi connectivity index (χ4n) is 2.22. The normalized spacial score (nSPS) is 10.1. The van der Waals surface area contributed by atoms with Gasteiger partial charge in [0.05, 0.1) is 20.8 Å². The maximum Gasteiger partial charge on any atom is 0.122 e. The summed E-state index contributed by atoms with van der Waals surface area (Å²) in [5.41, 5.74) is 2.52. The van der Waals surface area contributed by atoms with Crippen LogP contribution in [0, 0.1) is 0 Å². The molecule has 0 saturated heterocycles. The highest BCUT2D eigenvalue weighted by Gasteiger charge is 2.02. The Bertz CT molecular complexity index is 585. The molecule has 0 spiro atoms. The molecule has 1 N–H and O–H groups in total. The number of hydrogen-bond acceptors (Lipinski definition) is 4. The summed E-state index contributed by atoms with van der Waals surface area (Å²) >= 11 is 0. The van der Waals surface area contributed by atoms with E-state index in [0.717, 1.165) is 30.9 Å². The summed E-state index contributed by atoms with van der Waals surface area (Å²) in [5, 5.41) is 8.20. The Kier molecular flexibility index (Phi) is 9.58. The van der Waals surface area contributed by atoms with E-state index in [2.05, 4.69) is 18.2 Å². The van der Waals surface area contributed by atoms with E-state index in [4.69, 9.17) is 14.6 Å². The van der Waals surface area contributed by atoms with Crippen molar-refractivity contribution < 1.29 is 14.6 Å². The van der Waals surface area contributed by atoms with E-state index in [9.17, 15) is 0 Å². The average molecular weight is 331 g/mol. The molecule has 0 radical (unpaired) electrons. The van der Waals surface area contributed by atoms with Gasteiger partial charge in [-0.1, -0.05) is 30.3 Å². The molecule has 0 aliphatic carbocycles. The van der Waals surface area contributed by atoms with Crippen LogP contribution in [-0.4, -0.2) is 51.5 Å². The first-order valence-corrected chi connectivity index (χ1v) is 8.11. The van der Waals surface area contributed by atoms with E-state index in [1.807, 2.05) is 49.3 Å². The molecule has 0 fully saturated rings. The molecule has 4 nitrogen and oxygen atoms in total. The zero-order valence-electron chi connectivity index (χ0n) is 15.2. The van der Waals surface area contributed by atoms with Crippen molar-refractivity contribution in [2.45, 2.75) is 12.8 Å². The number of rotatable bonds is 7. The second-order valence-corrected chi connectivity index (χ2v) is 5.69. The van der Waals surface area contributed by atoms with E-state index < -0.39 is 0 Å². The largest absolute Gasteiger partial charge is 0.497 e. The Morgan fingerprint density at radius 1 is 0.917 bits per heavy atom. The minimum atomic E-state index is 0.257. The van der Waals surface area contributed by atoms with Crippen LogP contribution in [0.4, 0.5) is 0 Å². The van der Waals surface area contributed by atoms with Gasteiger partial charge in [-0.2, -0.15) is 0 Å². The number of methoxy groups -OCH3 is 2. The number of aliphatic hydroxyl groups excluding tert-OH is 1. The topological polar surface area (TPSA) is 41.9 Å². The Labute approximate surface area is 145 Å². The van der Waals surface area contributed by atoms with E-state index in [1.54, 1.807) is 14.2 Å². The number of ether oxygens (including phenoxy) is 2. The van der Waals surface area contributed by atoms with Crippen molar-refractivity contribution in [1.29, 1.82) is 0 Å². The van der Waals surface area contributed by atoms with Crippen molar-refractivity contribution in [1.82, 2.24) is 4.90 Å². The first-order valence-electron chi connectivity index (χ1n) is 8.11. The number of hydrogen-bond donors (Lipinski definition) is 1. The summed E-state index contributed by atoms with van der Waals surface area (Å²) in [6.45, 7) is 1.02. The predicted octanol–water partition coefficient (Wildman–Crippen LogP) is 3.03. The summed E-state index contributed by atoms with van der Waals surface area (Å²) < 4.78 is 10.6. The summed E-state index contributed by atoms with van der Waals surface area (Å²) in [5.74, 6) is 1.87. The molecule has 132 valence electrons. The number of benzene rings is 2. The Morgan fingerprint density at radius 2 is 1.67 bits per heavy atom. The van der Waals surface area contributed by atoms with Crippen molar-refractivity contribution in [2.24, 2.45) is 0 Å². The molecule has 0 heterocycles. The third kappa shape index (κ3) is 7.49. The molecule has 0 aliphatic rings. The highest BCUT2D eigenvalue weighted by Crippen LogP contribution is 2.20. The van der Waals surface area contributed by atoms with Crippen LogP contribution < -0.4 is 9.47 Å². The molecule has 2 aromatic rings. The van der Waals surface area contributed by atoms with Gasteiger partial charge in [-0.15, -0.1) is 0 Å². The monoisotopic (exact) mass is 331 g/mol. The summed E-state index contributed by atoms with van der Waals surface area (Å²) in [6.07, 6.45) is 1.95. The van der Waals surface area contributed by atoms with Gasteiger partial charge >= 0.3 is 0 Å². The zero-order chi connectivity index (χ0) is 17.8. The molecular weight excluding hydrogens is 302 g/mol. The maximum atomic E-state index is 8.20. The fourth-order valence-corrected chi connectivity index (χ4v) is 2.22. The van der Waals surface area contributed by atoms with Crippen molar-refractivity contribution in [3.63, 3.8) is 0 Å². The summed E-state index contributed by atoms with van der Waals surface area (Å²) in [6, 6.07) is 16.3. The average Bonchev–Trinajstić information content (AvgIpc) is 2.60. The zero-order valence-corrected chi connectivity index (χ0v) is 15.2. The minimum Gasteiger partial charge on any atom is -0.497 e. The highest BCUT2D eigenvalue weighted by molar-refractivity contribution is 5.35. The Hall–Kier alpha value is -2.04. The number of aliphatic hydroxyl groups is 1. The van der Waals surface area contributed by atoms with Gasteiger partial charge in [-0.3, -0.25) is 0 Å². The number of aryl methyl sites for hydroxylation is 2.